The van der Waals surface area contributed by atoms with Crippen LogP contribution in [-0.4, -0.2) is 44.7 Å². The molecular weight excluding hydrogens is 428 g/mol. The topological polar surface area (TPSA) is 95.6 Å². The largest absolute Gasteiger partial charge is 0.350 e. The Hall–Kier alpha value is -2.85. The molecule has 0 aliphatic carbocycles. The molecule has 1 atom stereocenters. The van der Waals surface area contributed by atoms with Crippen LogP contribution in [0.5, 0.6) is 0 Å². The van der Waals surface area contributed by atoms with Crippen molar-refractivity contribution in [2.75, 3.05) is 14.1 Å². The average molecular weight is 454 g/mol. The Labute approximate surface area is 180 Å². The number of hydrogen-bond acceptors (Lipinski definition) is 4. The molecule has 0 aliphatic rings. The maximum atomic E-state index is 13.9. The molecule has 0 fully saturated rings. The maximum absolute atomic E-state index is 13.9. The lowest BCUT2D eigenvalue weighted by Gasteiger charge is -2.22. The highest BCUT2D eigenvalue weighted by atomic mass is 32.2. The minimum atomic E-state index is -3.73. The number of halogens is 2. The van der Waals surface area contributed by atoms with Gasteiger partial charge in [-0.2, -0.15) is 0 Å². The second kappa shape index (κ2) is 9.97. The van der Waals surface area contributed by atoms with Gasteiger partial charge >= 0.3 is 0 Å². The SMILES string of the molecule is CC(C)C(NC(=O)c1c(F)cccc1F)C(=O)NCc1ccccc1S(=O)(=O)N(C)C. The van der Waals surface area contributed by atoms with E-state index in [0.717, 1.165) is 22.5 Å². The Morgan fingerprint density at radius 2 is 1.58 bits per heavy atom. The van der Waals surface area contributed by atoms with Gasteiger partial charge in [-0.25, -0.2) is 21.5 Å². The number of amides is 2. The van der Waals surface area contributed by atoms with Gasteiger partial charge < -0.3 is 10.6 Å². The van der Waals surface area contributed by atoms with E-state index in [1.165, 1.54) is 20.2 Å². The van der Waals surface area contributed by atoms with Gasteiger partial charge in [0.2, 0.25) is 15.9 Å². The Kier molecular flexibility index (Phi) is 7.85. The van der Waals surface area contributed by atoms with Crippen LogP contribution in [0, 0.1) is 17.6 Å². The fraction of sp³-hybridized carbons (Fsp3) is 0.333. The van der Waals surface area contributed by atoms with Gasteiger partial charge in [-0.15, -0.1) is 0 Å². The highest BCUT2D eigenvalue weighted by molar-refractivity contribution is 7.89. The zero-order chi connectivity index (χ0) is 23.3. The molecule has 0 saturated heterocycles. The zero-order valence-corrected chi connectivity index (χ0v) is 18.5. The zero-order valence-electron chi connectivity index (χ0n) is 17.6. The molecule has 0 radical (unpaired) electrons. The molecule has 0 bridgehead atoms. The summed E-state index contributed by atoms with van der Waals surface area (Å²) in [4.78, 5) is 25.1. The van der Waals surface area contributed by atoms with Crippen molar-refractivity contribution in [1.82, 2.24) is 14.9 Å². The maximum Gasteiger partial charge on any atom is 0.257 e. The Morgan fingerprint density at radius 1 is 1.00 bits per heavy atom. The predicted molar refractivity (Wildman–Crippen MR) is 112 cm³/mol. The number of nitrogens with one attached hydrogen (secondary N) is 2. The summed E-state index contributed by atoms with van der Waals surface area (Å²) < 4.78 is 53.8. The monoisotopic (exact) mass is 453 g/mol. The van der Waals surface area contributed by atoms with E-state index in [2.05, 4.69) is 10.6 Å². The van der Waals surface area contributed by atoms with Gasteiger partial charge in [-0.05, 0) is 29.7 Å². The lowest BCUT2D eigenvalue weighted by molar-refractivity contribution is -0.124. The van der Waals surface area contributed by atoms with Crippen LogP contribution < -0.4 is 10.6 Å². The first-order valence-corrected chi connectivity index (χ1v) is 10.9. The van der Waals surface area contributed by atoms with Gasteiger partial charge in [-0.1, -0.05) is 38.1 Å². The second-order valence-electron chi connectivity index (χ2n) is 7.40. The molecule has 2 aromatic carbocycles. The average Bonchev–Trinajstić information content (AvgIpc) is 2.70. The molecule has 2 aromatic rings. The van der Waals surface area contributed by atoms with Crippen LogP contribution >= 0.6 is 0 Å². The number of carbonyl (C=O) groups excluding carboxylic acids is 2. The Balaban J connectivity index is 2.19. The molecule has 0 spiro atoms. The molecule has 1 unspecified atom stereocenters. The van der Waals surface area contributed by atoms with Crippen molar-refractivity contribution in [3.63, 3.8) is 0 Å². The highest BCUT2D eigenvalue weighted by Gasteiger charge is 2.28. The molecule has 7 nitrogen and oxygen atoms in total. The van der Waals surface area contributed by atoms with Gasteiger partial charge in [0, 0.05) is 20.6 Å². The standard InChI is InChI=1S/C21H25F2N3O4S/c1-13(2)19(25-20(27)18-15(22)9-7-10-16(18)23)21(28)24-12-14-8-5-6-11-17(14)31(29,30)26(3)4/h5-11,13,19H,12H2,1-4H3,(H,24,28)(H,25,27). The number of nitrogens with zero attached hydrogens (tertiary/aromatic N) is 1. The quantitative estimate of drug-likeness (QED) is 0.641. The molecule has 0 heterocycles. The van der Waals surface area contributed by atoms with E-state index in [1.807, 2.05) is 0 Å². The second-order valence-corrected chi connectivity index (χ2v) is 9.53. The highest BCUT2D eigenvalue weighted by Crippen LogP contribution is 2.19. The fourth-order valence-corrected chi connectivity index (χ4v) is 3.97. The summed E-state index contributed by atoms with van der Waals surface area (Å²) in [7, 11) is -0.928. The summed E-state index contributed by atoms with van der Waals surface area (Å²) >= 11 is 0. The number of benzene rings is 2. The van der Waals surface area contributed by atoms with Crippen LogP contribution in [0.2, 0.25) is 0 Å². The first-order valence-electron chi connectivity index (χ1n) is 9.49. The molecule has 10 heteroatoms. The summed E-state index contributed by atoms with van der Waals surface area (Å²) in [5, 5.41) is 4.95. The third kappa shape index (κ3) is 5.65. The van der Waals surface area contributed by atoms with E-state index in [9.17, 15) is 26.8 Å². The van der Waals surface area contributed by atoms with E-state index in [-0.39, 0.29) is 11.4 Å². The van der Waals surface area contributed by atoms with Crippen molar-refractivity contribution in [3.05, 3.63) is 65.2 Å². The molecule has 0 saturated carbocycles. The van der Waals surface area contributed by atoms with Crippen LogP contribution in [0.25, 0.3) is 0 Å². The van der Waals surface area contributed by atoms with Crippen LogP contribution in [0.1, 0.15) is 29.8 Å². The summed E-state index contributed by atoms with van der Waals surface area (Å²) in [5.41, 5.74) is -0.415. The summed E-state index contributed by atoms with van der Waals surface area (Å²) in [6.07, 6.45) is 0. The normalized spacial score (nSPS) is 12.6. The lowest BCUT2D eigenvalue weighted by Crippen LogP contribution is -2.49. The fourth-order valence-electron chi connectivity index (χ4n) is 2.85. The predicted octanol–water partition coefficient (Wildman–Crippen LogP) is 2.29. The van der Waals surface area contributed by atoms with Crippen molar-refractivity contribution in [2.45, 2.75) is 31.3 Å². The molecular formula is C21H25F2N3O4S. The molecule has 31 heavy (non-hydrogen) atoms. The van der Waals surface area contributed by atoms with Gasteiger partial charge in [0.25, 0.3) is 5.91 Å². The van der Waals surface area contributed by atoms with E-state index in [1.54, 1.807) is 32.0 Å². The van der Waals surface area contributed by atoms with Gasteiger partial charge in [0.05, 0.1) is 4.90 Å². The summed E-state index contributed by atoms with van der Waals surface area (Å²) in [6.45, 7) is 3.20. The molecule has 2 amide bonds. The lowest BCUT2D eigenvalue weighted by atomic mass is 10.0. The minimum absolute atomic E-state index is 0.0406. The number of hydrogen-bond donors (Lipinski definition) is 2. The number of rotatable bonds is 8. The van der Waals surface area contributed by atoms with Gasteiger partial charge in [0.1, 0.15) is 23.2 Å². The van der Waals surface area contributed by atoms with Crippen molar-refractivity contribution in [1.29, 1.82) is 0 Å². The van der Waals surface area contributed by atoms with E-state index in [4.69, 9.17) is 0 Å². The van der Waals surface area contributed by atoms with Crippen LogP contribution in [0.15, 0.2) is 47.4 Å². The van der Waals surface area contributed by atoms with Gasteiger partial charge in [0.15, 0.2) is 0 Å². The molecule has 0 aliphatic heterocycles. The third-order valence-corrected chi connectivity index (χ3v) is 6.53. The first-order chi connectivity index (χ1) is 14.5. The Bertz CT molecular complexity index is 1050. The van der Waals surface area contributed by atoms with Crippen molar-refractivity contribution < 1.29 is 26.8 Å². The molecule has 0 aromatic heterocycles. The van der Waals surface area contributed by atoms with Gasteiger partial charge in [-0.3, -0.25) is 9.59 Å². The molecule has 168 valence electrons. The van der Waals surface area contributed by atoms with E-state index < -0.39 is 51.0 Å². The van der Waals surface area contributed by atoms with E-state index >= 15 is 0 Å². The number of sulfonamides is 1. The first kappa shape index (κ1) is 24.4. The summed E-state index contributed by atoms with van der Waals surface area (Å²) in [5.74, 6) is -4.15. The number of carbonyl (C=O) groups is 2. The molecule has 2 N–H and O–H groups in total. The minimum Gasteiger partial charge on any atom is -0.350 e. The molecule has 2 rings (SSSR count). The Morgan fingerprint density at radius 3 is 2.13 bits per heavy atom. The van der Waals surface area contributed by atoms with Crippen molar-refractivity contribution in [3.8, 4) is 0 Å². The van der Waals surface area contributed by atoms with Crippen molar-refractivity contribution >= 4 is 21.8 Å². The van der Waals surface area contributed by atoms with E-state index in [0.29, 0.717) is 5.56 Å². The van der Waals surface area contributed by atoms with Crippen molar-refractivity contribution in [2.24, 2.45) is 5.92 Å². The third-order valence-electron chi connectivity index (χ3n) is 4.61. The summed E-state index contributed by atoms with van der Waals surface area (Å²) in [6, 6.07) is 8.14. The van der Waals surface area contributed by atoms with Crippen LogP contribution in [0.4, 0.5) is 8.78 Å². The smallest absolute Gasteiger partial charge is 0.257 e. The van der Waals surface area contributed by atoms with Crippen LogP contribution in [-0.2, 0) is 21.4 Å². The van der Waals surface area contributed by atoms with Crippen LogP contribution in [0.3, 0.4) is 0 Å².